The number of methoxy groups -OCH3 is 3. The van der Waals surface area contributed by atoms with Gasteiger partial charge in [0.15, 0.2) is 11.5 Å². The van der Waals surface area contributed by atoms with Crippen LogP contribution in [0.25, 0.3) is 11.3 Å². The van der Waals surface area contributed by atoms with Crippen LogP contribution in [-0.2, 0) is 0 Å². The van der Waals surface area contributed by atoms with Gasteiger partial charge in [0.1, 0.15) is 5.69 Å². The van der Waals surface area contributed by atoms with E-state index in [0.717, 1.165) is 24.8 Å². The maximum absolute atomic E-state index is 13.0. The van der Waals surface area contributed by atoms with Gasteiger partial charge in [-0.3, -0.25) is 9.89 Å². The van der Waals surface area contributed by atoms with Crippen LogP contribution < -0.4 is 14.2 Å². The standard InChI is InChI=1S/C20H23N3O4/c1-25-17-9-12(10-18(26-2)19(17)27-3)15-11-16(22-21-15)20(24)23-13-5-4-6-14(23)8-7-13/h4-5,9-11,13-14H,6-8H2,1-3H3,(H,21,22). The molecule has 2 aromatic rings. The van der Waals surface area contributed by atoms with Crippen LogP contribution in [0.3, 0.4) is 0 Å². The zero-order valence-corrected chi connectivity index (χ0v) is 15.7. The quantitative estimate of drug-likeness (QED) is 0.820. The Hall–Kier alpha value is -2.96. The summed E-state index contributed by atoms with van der Waals surface area (Å²) in [5, 5.41) is 7.23. The van der Waals surface area contributed by atoms with E-state index < -0.39 is 0 Å². The van der Waals surface area contributed by atoms with Crippen LogP contribution in [0.15, 0.2) is 30.4 Å². The van der Waals surface area contributed by atoms with E-state index in [2.05, 4.69) is 22.3 Å². The van der Waals surface area contributed by atoms with E-state index in [1.165, 1.54) is 0 Å². The van der Waals surface area contributed by atoms with Gasteiger partial charge in [0.05, 0.1) is 33.1 Å². The van der Waals surface area contributed by atoms with Crippen LogP contribution >= 0.6 is 0 Å². The first-order valence-electron chi connectivity index (χ1n) is 9.01. The third-order valence-electron chi connectivity index (χ3n) is 5.32. The minimum absolute atomic E-state index is 0.00181. The summed E-state index contributed by atoms with van der Waals surface area (Å²) < 4.78 is 16.2. The van der Waals surface area contributed by atoms with E-state index in [1.54, 1.807) is 27.4 Å². The van der Waals surface area contributed by atoms with Gasteiger partial charge in [-0.1, -0.05) is 12.2 Å². The number of carbonyl (C=O) groups is 1. The number of aromatic amines is 1. The molecule has 0 radical (unpaired) electrons. The maximum Gasteiger partial charge on any atom is 0.272 e. The lowest BCUT2D eigenvalue weighted by atomic mass is 10.1. The van der Waals surface area contributed by atoms with Gasteiger partial charge in [0, 0.05) is 11.6 Å². The van der Waals surface area contributed by atoms with Gasteiger partial charge in [0.2, 0.25) is 5.75 Å². The van der Waals surface area contributed by atoms with Crippen LogP contribution in [0.4, 0.5) is 0 Å². The highest BCUT2D eigenvalue weighted by molar-refractivity contribution is 5.94. The molecule has 1 amide bonds. The number of aromatic nitrogens is 2. The molecule has 142 valence electrons. The van der Waals surface area contributed by atoms with Gasteiger partial charge < -0.3 is 19.1 Å². The van der Waals surface area contributed by atoms with Crippen LogP contribution in [0.1, 0.15) is 29.8 Å². The molecule has 3 heterocycles. The molecule has 1 saturated heterocycles. The van der Waals surface area contributed by atoms with Gasteiger partial charge in [-0.2, -0.15) is 5.10 Å². The Balaban J connectivity index is 1.65. The molecule has 2 aliphatic heterocycles. The molecule has 7 nitrogen and oxygen atoms in total. The highest BCUT2D eigenvalue weighted by Gasteiger charge is 2.38. The second-order valence-corrected chi connectivity index (χ2v) is 6.76. The average Bonchev–Trinajstić information content (AvgIpc) is 3.29. The first-order chi connectivity index (χ1) is 13.2. The molecule has 1 N–H and O–H groups in total. The van der Waals surface area contributed by atoms with E-state index in [0.29, 0.717) is 34.7 Å². The molecule has 2 unspecified atom stereocenters. The van der Waals surface area contributed by atoms with Crippen molar-refractivity contribution in [2.24, 2.45) is 0 Å². The van der Waals surface area contributed by atoms with Crippen molar-refractivity contribution in [3.8, 4) is 28.5 Å². The number of amides is 1. The summed E-state index contributed by atoms with van der Waals surface area (Å²) in [6.07, 6.45) is 7.33. The second kappa shape index (κ2) is 6.98. The molecule has 7 heteroatoms. The van der Waals surface area contributed by atoms with E-state index in [-0.39, 0.29) is 11.9 Å². The number of carbonyl (C=O) groups excluding carboxylic acids is 1. The Labute approximate surface area is 157 Å². The molecule has 0 saturated carbocycles. The van der Waals surface area contributed by atoms with Crippen molar-refractivity contribution in [1.82, 2.24) is 15.1 Å². The molecule has 2 atom stereocenters. The topological polar surface area (TPSA) is 76.7 Å². The maximum atomic E-state index is 13.0. The molecular weight excluding hydrogens is 346 g/mol. The minimum Gasteiger partial charge on any atom is -0.493 e. The van der Waals surface area contributed by atoms with Crippen molar-refractivity contribution in [3.63, 3.8) is 0 Å². The zero-order valence-electron chi connectivity index (χ0n) is 15.7. The first kappa shape index (κ1) is 17.5. The summed E-state index contributed by atoms with van der Waals surface area (Å²) in [6.45, 7) is 0. The Morgan fingerprint density at radius 3 is 2.48 bits per heavy atom. The van der Waals surface area contributed by atoms with Crippen LogP contribution in [0, 0.1) is 0 Å². The highest BCUT2D eigenvalue weighted by Crippen LogP contribution is 2.41. The Morgan fingerprint density at radius 1 is 1.11 bits per heavy atom. The highest BCUT2D eigenvalue weighted by atomic mass is 16.5. The summed E-state index contributed by atoms with van der Waals surface area (Å²) in [5.74, 6) is 1.61. The first-order valence-corrected chi connectivity index (χ1v) is 9.01. The molecule has 2 aliphatic rings. The molecule has 2 bridgehead atoms. The number of hydrogen-bond donors (Lipinski definition) is 1. The van der Waals surface area contributed by atoms with Crippen LogP contribution in [0.2, 0.25) is 0 Å². The third kappa shape index (κ3) is 2.93. The van der Waals surface area contributed by atoms with Gasteiger partial charge in [-0.25, -0.2) is 0 Å². The number of nitrogens with zero attached hydrogens (tertiary/aromatic N) is 2. The fraction of sp³-hybridized carbons (Fsp3) is 0.400. The van der Waals surface area contributed by atoms with Crippen molar-refractivity contribution in [3.05, 3.63) is 36.0 Å². The van der Waals surface area contributed by atoms with E-state index in [9.17, 15) is 4.79 Å². The van der Waals surface area contributed by atoms with Gasteiger partial charge in [-0.15, -0.1) is 0 Å². The fourth-order valence-electron chi connectivity index (χ4n) is 3.99. The van der Waals surface area contributed by atoms with Crippen LogP contribution in [0.5, 0.6) is 17.2 Å². The lowest BCUT2D eigenvalue weighted by Crippen LogP contribution is -2.42. The summed E-state index contributed by atoms with van der Waals surface area (Å²) in [5.41, 5.74) is 1.92. The summed E-state index contributed by atoms with van der Waals surface area (Å²) in [7, 11) is 4.70. The fourth-order valence-corrected chi connectivity index (χ4v) is 3.99. The molecule has 27 heavy (non-hydrogen) atoms. The minimum atomic E-state index is -0.00181. The number of ether oxygens (including phenoxy) is 3. The SMILES string of the molecule is COc1cc(-c2cc(C(=O)N3C4C=CCC3CC4)[nH]n2)cc(OC)c1OC. The Kier molecular flexibility index (Phi) is 4.51. The number of fused-ring (bicyclic) bond motifs is 2. The molecule has 1 aromatic carbocycles. The number of nitrogens with one attached hydrogen (secondary N) is 1. The monoisotopic (exact) mass is 369 g/mol. The average molecular weight is 369 g/mol. The normalized spacial score (nSPS) is 20.6. The summed E-state index contributed by atoms with van der Waals surface area (Å²) in [6, 6.07) is 5.91. The Morgan fingerprint density at radius 2 is 1.85 bits per heavy atom. The third-order valence-corrected chi connectivity index (χ3v) is 5.32. The number of H-pyrrole nitrogens is 1. The molecule has 0 aliphatic carbocycles. The van der Waals surface area contributed by atoms with Crippen molar-refractivity contribution in [2.75, 3.05) is 21.3 Å². The van der Waals surface area contributed by atoms with Crippen molar-refractivity contribution in [1.29, 1.82) is 0 Å². The predicted octanol–water partition coefficient (Wildman–Crippen LogP) is 3.04. The van der Waals surface area contributed by atoms with Crippen molar-refractivity contribution in [2.45, 2.75) is 31.3 Å². The molecule has 4 rings (SSSR count). The predicted molar refractivity (Wildman–Crippen MR) is 100 cm³/mol. The van der Waals surface area contributed by atoms with Crippen molar-refractivity contribution >= 4 is 5.91 Å². The lowest BCUT2D eigenvalue weighted by molar-refractivity contribution is 0.0683. The second-order valence-electron chi connectivity index (χ2n) is 6.76. The molecule has 1 aromatic heterocycles. The Bertz CT molecular complexity index is 864. The molecule has 0 spiro atoms. The van der Waals surface area contributed by atoms with E-state index in [4.69, 9.17) is 14.2 Å². The van der Waals surface area contributed by atoms with Gasteiger partial charge in [0.25, 0.3) is 5.91 Å². The number of benzene rings is 1. The van der Waals surface area contributed by atoms with Gasteiger partial charge in [-0.05, 0) is 37.5 Å². The van der Waals surface area contributed by atoms with Crippen molar-refractivity contribution < 1.29 is 19.0 Å². The largest absolute Gasteiger partial charge is 0.493 e. The van der Waals surface area contributed by atoms with E-state index >= 15 is 0 Å². The van der Waals surface area contributed by atoms with Gasteiger partial charge >= 0.3 is 0 Å². The van der Waals surface area contributed by atoms with Crippen LogP contribution in [-0.4, -0.2) is 54.4 Å². The lowest BCUT2D eigenvalue weighted by Gasteiger charge is -2.30. The smallest absolute Gasteiger partial charge is 0.272 e. The zero-order chi connectivity index (χ0) is 19.0. The summed E-state index contributed by atoms with van der Waals surface area (Å²) >= 11 is 0. The van der Waals surface area contributed by atoms with E-state index in [1.807, 2.05) is 17.0 Å². The number of hydrogen-bond acceptors (Lipinski definition) is 5. The molecular formula is C20H23N3O4. The molecule has 1 fully saturated rings. The summed E-state index contributed by atoms with van der Waals surface area (Å²) in [4.78, 5) is 15.0. The number of rotatable bonds is 5.